The first kappa shape index (κ1) is 15.3. The van der Waals surface area contributed by atoms with Gasteiger partial charge < -0.3 is 15.1 Å². The molecule has 112 valence electrons. The van der Waals surface area contributed by atoms with Crippen molar-refractivity contribution in [3.05, 3.63) is 59.5 Å². The molecule has 2 N–H and O–H groups in total. The molecule has 21 heavy (non-hydrogen) atoms. The highest BCUT2D eigenvalue weighted by Crippen LogP contribution is 2.17. The largest absolute Gasteiger partial charge is 0.455 e. The Morgan fingerprint density at radius 1 is 1.24 bits per heavy atom. The van der Waals surface area contributed by atoms with Gasteiger partial charge in [-0.05, 0) is 31.0 Å². The summed E-state index contributed by atoms with van der Waals surface area (Å²) < 4.78 is 5.49. The summed E-state index contributed by atoms with van der Waals surface area (Å²) >= 11 is 0. The Bertz CT molecular complexity index is 577. The number of hydrogen-bond donors (Lipinski definition) is 1. The Morgan fingerprint density at radius 3 is 2.52 bits per heavy atom. The molecule has 1 unspecified atom stereocenters. The Labute approximate surface area is 125 Å². The van der Waals surface area contributed by atoms with Crippen LogP contribution in [0.2, 0.25) is 0 Å². The molecule has 4 heteroatoms. The quantitative estimate of drug-likeness (QED) is 0.887. The third kappa shape index (κ3) is 3.73. The van der Waals surface area contributed by atoms with Crippen molar-refractivity contribution in [2.75, 3.05) is 0 Å². The molecule has 2 aromatic rings. The van der Waals surface area contributed by atoms with E-state index in [1.807, 2.05) is 42.2 Å². The average molecular weight is 286 g/mol. The van der Waals surface area contributed by atoms with E-state index in [2.05, 4.69) is 6.92 Å². The summed E-state index contributed by atoms with van der Waals surface area (Å²) in [5.41, 5.74) is 6.64. The minimum Gasteiger partial charge on any atom is -0.455 e. The van der Waals surface area contributed by atoms with Gasteiger partial charge in [0.15, 0.2) is 5.76 Å². The predicted octanol–water partition coefficient (Wildman–Crippen LogP) is 3.18. The lowest BCUT2D eigenvalue weighted by atomic mass is 10.1. The molecule has 0 saturated carbocycles. The number of carbonyl (C=O) groups is 1. The second-order valence-electron chi connectivity index (χ2n) is 5.15. The summed E-state index contributed by atoms with van der Waals surface area (Å²) in [6.45, 7) is 5.00. The van der Waals surface area contributed by atoms with Crippen LogP contribution in [0.1, 0.15) is 42.1 Å². The van der Waals surface area contributed by atoms with Gasteiger partial charge in [-0.25, -0.2) is 0 Å². The van der Waals surface area contributed by atoms with E-state index in [1.54, 1.807) is 12.1 Å². The Kier molecular flexibility index (Phi) is 5.17. The molecule has 2 rings (SSSR count). The van der Waals surface area contributed by atoms with Crippen molar-refractivity contribution in [3.8, 4) is 0 Å². The minimum absolute atomic E-state index is 0.0899. The first-order valence-electron chi connectivity index (χ1n) is 7.29. The topological polar surface area (TPSA) is 59.5 Å². The first-order valence-corrected chi connectivity index (χ1v) is 7.29. The van der Waals surface area contributed by atoms with Crippen molar-refractivity contribution in [1.29, 1.82) is 0 Å². The molecule has 0 bridgehead atoms. The van der Waals surface area contributed by atoms with E-state index in [4.69, 9.17) is 10.2 Å². The van der Waals surface area contributed by atoms with E-state index in [-0.39, 0.29) is 11.9 Å². The van der Waals surface area contributed by atoms with Crippen LogP contribution in [0.25, 0.3) is 0 Å². The zero-order chi connectivity index (χ0) is 15.2. The average Bonchev–Trinajstić information content (AvgIpc) is 3.01. The number of rotatable bonds is 6. The van der Waals surface area contributed by atoms with Crippen LogP contribution in [0.4, 0.5) is 0 Å². The summed E-state index contributed by atoms with van der Waals surface area (Å²) in [5, 5.41) is 0. The monoisotopic (exact) mass is 286 g/mol. The maximum Gasteiger partial charge on any atom is 0.290 e. The SMILES string of the molecule is CCC(C)N(Cc1ccccc1)C(=O)c1ccc(CN)o1. The van der Waals surface area contributed by atoms with Gasteiger partial charge in [-0.15, -0.1) is 0 Å². The van der Waals surface area contributed by atoms with Crippen LogP contribution >= 0.6 is 0 Å². The Morgan fingerprint density at radius 2 is 1.95 bits per heavy atom. The van der Waals surface area contributed by atoms with Crippen LogP contribution in [0.15, 0.2) is 46.9 Å². The lowest BCUT2D eigenvalue weighted by molar-refractivity contribution is 0.0637. The zero-order valence-corrected chi connectivity index (χ0v) is 12.6. The Balaban J connectivity index is 2.21. The fourth-order valence-corrected chi connectivity index (χ4v) is 2.17. The van der Waals surface area contributed by atoms with Crippen molar-refractivity contribution in [2.45, 2.75) is 39.4 Å². The van der Waals surface area contributed by atoms with Crippen LogP contribution in [-0.2, 0) is 13.1 Å². The molecular formula is C17H22N2O2. The standard InChI is InChI=1S/C17H22N2O2/c1-3-13(2)19(12-14-7-5-4-6-8-14)17(20)16-10-9-15(11-18)21-16/h4-10,13H,3,11-12,18H2,1-2H3. The summed E-state index contributed by atoms with van der Waals surface area (Å²) in [6, 6.07) is 13.6. The number of hydrogen-bond acceptors (Lipinski definition) is 3. The van der Waals surface area contributed by atoms with Gasteiger partial charge in [-0.1, -0.05) is 37.3 Å². The summed E-state index contributed by atoms with van der Waals surface area (Å²) in [6.07, 6.45) is 0.892. The van der Waals surface area contributed by atoms with Gasteiger partial charge in [0, 0.05) is 12.6 Å². The summed E-state index contributed by atoms with van der Waals surface area (Å²) in [5.74, 6) is 0.891. The van der Waals surface area contributed by atoms with Gasteiger partial charge in [0.25, 0.3) is 5.91 Å². The van der Waals surface area contributed by atoms with Crippen molar-refractivity contribution >= 4 is 5.91 Å². The van der Waals surface area contributed by atoms with Gasteiger partial charge in [-0.2, -0.15) is 0 Å². The highest BCUT2D eigenvalue weighted by Gasteiger charge is 2.23. The second-order valence-corrected chi connectivity index (χ2v) is 5.15. The lowest BCUT2D eigenvalue weighted by Crippen LogP contribution is -2.37. The fourth-order valence-electron chi connectivity index (χ4n) is 2.17. The highest BCUT2D eigenvalue weighted by atomic mass is 16.4. The van der Waals surface area contributed by atoms with Gasteiger partial charge in [0.1, 0.15) is 5.76 Å². The summed E-state index contributed by atoms with van der Waals surface area (Å²) in [4.78, 5) is 14.5. The number of furan rings is 1. The molecule has 4 nitrogen and oxygen atoms in total. The van der Waals surface area contributed by atoms with E-state index in [1.165, 1.54) is 0 Å². The first-order chi connectivity index (χ1) is 10.2. The molecule has 0 radical (unpaired) electrons. The number of carbonyl (C=O) groups excluding carboxylic acids is 1. The molecule has 1 atom stereocenters. The number of nitrogens with zero attached hydrogens (tertiary/aromatic N) is 1. The van der Waals surface area contributed by atoms with Crippen molar-refractivity contribution in [1.82, 2.24) is 4.90 Å². The lowest BCUT2D eigenvalue weighted by Gasteiger charge is -2.28. The maximum atomic E-state index is 12.7. The smallest absolute Gasteiger partial charge is 0.290 e. The molecule has 0 aliphatic rings. The van der Waals surface area contributed by atoms with Gasteiger partial charge in [-0.3, -0.25) is 4.79 Å². The maximum absolute atomic E-state index is 12.7. The number of benzene rings is 1. The van der Waals surface area contributed by atoms with E-state index in [0.717, 1.165) is 12.0 Å². The third-order valence-corrected chi connectivity index (χ3v) is 3.65. The molecule has 1 aromatic carbocycles. The molecule has 1 amide bonds. The predicted molar refractivity (Wildman–Crippen MR) is 82.7 cm³/mol. The zero-order valence-electron chi connectivity index (χ0n) is 12.6. The Hall–Kier alpha value is -2.07. The molecule has 0 aliphatic carbocycles. The number of nitrogens with two attached hydrogens (primary N) is 1. The molecule has 0 aliphatic heterocycles. The molecule has 1 aromatic heterocycles. The van der Waals surface area contributed by atoms with Gasteiger partial charge >= 0.3 is 0 Å². The molecule has 1 heterocycles. The molecule has 0 saturated heterocycles. The van der Waals surface area contributed by atoms with Crippen LogP contribution in [0.5, 0.6) is 0 Å². The van der Waals surface area contributed by atoms with Crippen molar-refractivity contribution in [2.24, 2.45) is 5.73 Å². The minimum atomic E-state index is -0.0899. The third-order valence-electron chi connectivity index (χ3n) is 3.65. The van der Waals surface area contributed by atoms with Gasteiger partial charge in [0.05, 0.1) is 6.54 Å². The molecule has 0 spiro atoms. The van der Waals surface area contributed by atoms with Gasteiger partial charge in [0.2, 0.25) is 0 Å². The van der Waals surface area contributed by atoms with Crippen LogP contribution in [-0.4, -0.2) is 16.8 Å². The van der Waals surface area contributed by atoms with E-state index in [9.17, 15) is 4.79 Å². The summed E-state index contributed by atoms with van der Waals surface area (Å²) in [7, 11) is 0. The fraction of sp³-hybridized carbons (Fsp3) is 0.353. The molecule has 0 fully saturated rings. The van der Waals surface area contributed by atoms with E-state index < -0.39 is 0 Å². The molecular weight excluding hydrogens is 264 g/mol. The van der Waals surface area contributed by atoms with E-state index >= 15 is 0 Å². The number of amides is 1. The van der Waals surface area contributed by atoms with Crippen molar-refractivity contribution < 1.29 is 9.21 Å². The normalized spacial score (nSPS) is 12.1. The van der Waals surface area contributed by atoms with E-state index in [0.29, 0.717) is 24.6 Å². The van der Waals surface area contributed by atoms with Crippen LogP contribution in [0, 0.1) is 0 Å². The second kappa shape index (κ2) is 7.09. The van der Waals surface area contributed by atoms with Crippen molar-refractivity contribution in [3.63, 3.8) is 0 Å². The van der Waals surface area contributed by atoms with Crippen LogP contribution < -0.4 is 5.73 Å². The van der Waals surface area contributed by atoms with Crippen LogP contribution in [0.3, 0.4) is 0 Å². The highest BCUT2D eigenvalue weighted by molar-refractivity contribution is 5.91.